The largest absolute Gasteiger partial charge is 0.497 e. The Balaban J connectivity index is 1.69. The number of ether oxygens (including phenoxy) is 1. The zero-order chi connectivity index (χ0) is 16.5. The lowest BCUT2D eigenvalue weighted by Crippen LogP contribution is -2.40. The molecule has 0 spiro atoms. The molecule has 0 saturated carbocycles. The second kappa shape index (κ2) is 9.71. The molecule has 23 heavy (non-hydrogen) atoms. The number of benzene rings is 1. The number of guanidine groups is 1. The molecule has 1 saturated heterocycles. The summed E-state index contributed by atoms with van der Waals surface area (Å²) in [6.07, 6.45) is 3.75. The molecule has 2 rings (SSSR count). The highest BCUT2D eigenvalue weighted by Crippen LogP contribution is 2.25. The van der Waals surface area contributed by atoms with E-state index in [-0.39, 0.29) is 0 Å². The van der Waals surface area contributed by atoms with Crippen LogP contribution in [-0.2, 0) is 0 Å². The Labute approximate surface area is 144 Å². The Morgan fingerprint density at radius 2 is 2.13 bits per heavy atom. The molecular weight excluding hydrogens is 306 g/mol. The van der Waals surface area contributed by atoms with E-state index in [9.17, 15) is 0 Å². The van der Waals surface area contributed by atoms with Crippen LogP contribution in [0.5, 0.6) is 5.75 Å². The Hall–Kier alpha value is -1.36. The molecule has 1 heterocycles. The molecule has 0 aliphatic carbocycles. The van der Waals surface area contributed by atoms with Crippen molar-refractivity contribution in [2.45, 2.75) is 37.4 Å². The van der Waals surface area contributed by atoms with Gasteiger partial charge in [-0.05, 0) is 48.6 Å². The van der Waals surface area contributed by atoms with Crippen molar-refractivity contribution in [2.24, 2.45) is 4.99 Å². The zero-order valence-electron chi connectivity index (χ0n) is 14.5. The van der Waals surface area contributed by atoms with Crippen LogP contribution in [0, 0.1) is 0 Å². The average molecular weight is 336 g/mol. The second-order valence-electron chi connectivity index (χ2n) is 5.98. The molecule has 0 amide bonds. The minimum absolute atomic E-state index is 0.511. The highest BCUT2D eigenvalue weighted by molar-refractivity contribution is 8.00. The predicted molar refractivity (Wildman–Crippen MR) is 101 cm³/mol. The van der Waals surface area contributed by atoms with Gasteiger partial charge in [-0.3, -0.25) is 4.99 Å². The van der Waals surface area contributed by atoms with E-state index in [1.807, 2.05) is 19.2 Å². The van der Waals surface area contributed by atoms with E-state index in [4.69, 9.17) is 4.74 Å². The molecule has 2 atom stereocenters. The summed E-state index contributed by atoms with van der Waals surface area (Å²) in [5.41, 5.74) is 1.35. The van der Waals surface area contributed by atoms with Gasteiger partial charge in [-0.25, -0.2) is 0 Å². The quantitative estimate of drug-likeness (QED) is 0.593. The lowest BCUT2D eigenvalue weighted by atomic mass is 9.98. The van der Waals surface area contributed by atoms with Crippen LogP contribution in [0.25, 0.3) is 0 Å². The van der Waals surface area contributed by atoms with E-state index in [1.54, 1.807) is 7.11 Å². The van der Waals surface area contributed by atoms with Gasteiger partial charge in [0.1, 0.15) is 5.75 Å². The number of thioether (sulfide) groups is 1. The minimum Gasteiger partial charge on any atom is -0.497 e. The van der Waals surface area contributed by atoms with Gasteiger partial charge in [-0.1, -0.05) is 19.1 Å². The van der Waals surface area contributed by atoms with Gasteiger partial charge in [0, 0.05) is 25.4 Å². The van der Waals surface area contributed by atoms with E-state index in [2.05, 4.69) is 46.4 Å². The number of nitrogens with zero attached hydrogens (tertiary/aromatic N) is 1. The van der Waals surface area contributed by atoms with Crippen molar-refractivity contribution in [1.82, 2.24) is 10.6 Å². The number of aliphatic imine (C=N–C) groups is 1. The molecule has 1 aromatic rings. The molecule has 1 aliphatic heterocycles. The first-order valence-electron chi connectivity index (χ1n) is 8.43. The topological polar surface area (TPSA) is 45.7 Å². The molecule has 0 bridgehead atoms. The Morgan fingerprint density at radius 1 is 1.35 bits per heavy atom. The highest BCUT2D eigenvalue weighted by atomic mass is 32.2. The molecule has 128 valence electrons. The van der Waals surface area contributed by atoms with Gasteiger partial charge >= 0.3 is 0 Å². The fourth-order valence-electron chi connectivity index (χ4n) is 2.74. The minimum atomic E-state index is 0.511. The van der Waals surface area contributed by atoms with Crippen molar-refractivity contribution in [1.29, 1.82) is 0 Å². The van der Waals surface area contributed by atoms with Gasteiger partial charge in [0.15, 0.2) is 5.96 Å². The van der Waals surface area contributed by atoms with Crippen LogP contribution < -0.4 is 15.4 Å². The first-order chi connectivity index (χ1) is 11.2. The fraction of sp³-hybridized carbons (Fsp3) is 0.611. The zero-order valence-corrected chi connectivity index (χ0v) is 15.3. The molecule has 0 aromatic heterocycles. The van der Waals surface area contributed by atoms with E-state index in [1.165, 1.54) is 24.2 Å². The fourth-order valence-corrected chi connectivity index (χ4v) is 3.94. The standard InChI is InChI=1S/C18H29N3OS/c1-14(15-6-8-16(22-3)9-7-15)10-11-20-18(19-2)21-13-17-5-4-12-23-17/h6-9,14,17H,4-5,10-13H2,1-3H3,(H2,19,20,21). The lowest BCUT2D eigenvalue weighted by molar-refractivity contribution is 0.414. The van der Waals surface area contributed by atoms with Crippen LogP contribution in [0.15, 0.2) is 29.3 Å². The summed E-state index contributed by atoms with van der Waals surface area (Å²) >= 11 is 2.07. The Bertz CT molecular complexity index is 484. The first-order valence-corrected chi connectivity index (χ1v) is 9.48. The molecule has 4 nitrogen and oxygen atoms in total. The van der Waals surface area contributed by atoms with Crippen molar-refractivity contribution < 1.29 is 4.74 Å². The van der Waals surface area contributed by atoms with Crippen LogP contribution in [-0.4, -0.2) is 44.2 Å². The highest BCUT2D eigenvalue weighted by Gasteiger charge is 2.15. The van der Waals surface area contributed by atoms with Crippen LogP contribution in [0.3, 0.4) is 0 Å². The molecule has 2 N–H and O–H groups in total. The molecular formula is C18H29N3OS. The first kappa shape index (κ1) is 18.0. The van der Waals surface area contributed by atoms with Gasteiger partial charge in [0.05, 0.1) is 7.11 Å². The van der Waals surface area contributed by atoms with Crippen molar-refractivity contribution in [3.63, 3.8) is 0 Å². The molecule has 1 fully saturated rings. The number of hydrogen-bond donors (Lipinski definition) is 2. The van der Waals surface area contributed by atoms with Gasteiger partial charge in [-0.15, -0.1) is 0 Å². The van der Waals surface area contributed by atoms with Gasteiger partial charge in [-0.2, -0.15) is 11.8 Å². The summed E-state index contributed by atoms with van der Waals surface area (Å²) in [5, 5.41) is 7.61. The summed E-state index contributed by atoms with van der Waals surface area (Å²) in [7, 11) is 3.54. The van der Waals surface area contributed by atoms with Crippen molar-refractivity contribution in [2.75, 3.05) is 33.0 Å². The molecule has 1 aliphatic rings. The van der Waals surface area contributed by atoms with Gasteiger partial charge < -0.3 is 15.4 Å². The summed E-state index contributed by atoms with van der Waals surface area (Å²) in [6, 6.07) is 8.35. The normalized spacial score (nSPS) is 19.4. The van der Waals surface area contributed by atoms with Crippen molar-refractivity contribution in [3.05, 3.63) is 29.8 Å². The molecule has 0 radical (unpaired) electrons. The third-order valence-corrected chi connectivity index (χ3v) is 5.70. The maximum Gasteiger partial charge on any atom is 0.191 e. The van der Waals surface area contributed by atoms with Crippen molar-refractivity contribution in [3.8, 4) is 5.75 Å². The maximum atomic E-state index is 5.21. The van der Waals surface area contributed by atoms with Crippen LogP contribution in [0.1, 0.15) is 37.7 Å². The second-order valence-corrected chi connectivity index (χ2v) is 7.39. The van der Waals surface area contributed by atoms with E-state index >= 15 is 0 Å². The molecule has 5 heteroatoms. The van der Waals surface area contributed by atoms with Crippen LogP contribution in [0.4, 0.5) is 0 Å². The number of methoxy groups -OCH3 is 1. The van der Waals surface area contributed by atoms with E-state index in [0.29, 0.717) is 5.92 Å². The lowest BCUT2D eigenvalue weighted by Gasteiger charge is -2.17. The number of hydrogen-bond acceptors (Lipinski definition) is 3. The summed E-state index contributed by atoms with van der Waals surface area (Å²) in [6.45, 7) is 4.19. The van der Waals surface area contributed by atoms with E-state index < -0.39 is 0 Å². The Kier molecular flexibility index (Phi) is 7.59. The molecule has 2 unspecified atom stereocenters. The summed E-state index contributed by atoms with van der Waals surface area (Å²) in [4.78, 5) is 4.31. The third kappa shape index (κ3) is 5.98. The summed E-state index contributed by atoms with van der Waals surface area (Å²) < 4.78 is 5.21. The van der Waals surface area contributed by atoms with Gasteiger partial charge in [0.25, 0.3) is 0 Å². The van der Waals surface area contributed by atoms with Gasteiger partial charge in [0.2, 0.25) is 0 Å². The third-order valence-electron chi connectivity index (χ3n) is 4.30. The van der Waals surface area contributed by atoms with Crippen LogP contribution >= 0.6 is 11.8 Å². The SMILES string of the molecule is CN=C(NCCC(C)c1ccc(OC)cc1)NCC1CCCS1. The van der Waals surface area contributed by atoms with Crippen LogP contribution in [0.2, 0.25) is 0 Å². The smallest absolute Gasteiger partial charge is 0.191 e. The van der Waals surface area contributed by atoms with E-state index in [0.717, 1.165) is 36.5 Å². The number of rotatable bonds is 7. The maximum absolute atomic E-state index is 5.21. The van der Waals surface area contributed by atoms with Crippen molar-refractivity contribution >= 4 is 17.7 Å². The summed E-state index contributed by atoms with van der Waals surface area (Å²) in [5.74, 6) is 3.64. The monoisotopic (exact) mass is 335 g/mol. The number of nitrogens with one attached hydrogen (secondary N) is 2. The average Bonchev–Trinajstić information content (AvgIpc) is 3.11. The Morgan fingerprint density at radius 3 is 2.74 bits per heavy atom. The molecule has 1 aromatic carbocycles. The predicted octanol–water partition coefficient (Wildman–Crippen LogP) is 3.25.